The van der Waals surface area contributed by atoms with Crippen molar-refractivity contribution in [1.82, 2.24) is 10.2 Å². The van der Waals surface area contributed by atoms with E-state index in [0.29, 0.717) is 12.2 Å². The maximum Gasteiger partial charge on any atom is 0.292 e. The van der Waals surface area contributed by atoms with E-state index in [-0.39, 0.29) is 24.2 Å². The van der Waals surface area contributed by atoms with Crippen molar-refractivity contribution in [2.24, 2.45) is 0 Å². The number of nitro benzene ring substituents is 1. The van der Waals surface area contributed by atoms with Gasteiger partial charge in [0.15, 0.2) is 0 Å². The van der Waals surface area contributed by atoms with Gasteiger partial charge in [0.1, 0.15) is 5.69 Å². The molecule has 0 radical (unpaired) electrons. The maximum atomic E-state index is 11.7. The molecule has 1 aromatic carbocycles. The van der Waals surface area contributed by atoms with Gasteiger partial charge in [0.2, 0.25) is 5.91 Å². The molecule has 1 aromatic rings. The van der Waals surface area contributed by atoms with Crippen LogP contribution in [0.5, 0.6) is 0 Å². The van der Waals surface area contributed by atoms with Crippen molar-refractivity contribution in [2.45, 2.75) is 26.4 Å². The van der Waals surface area contributed by atoms with Gasteiger partial charge in [-0.15, -0.1) is 0 Å². The van der Waals surface area contributed by atoms with Crippen LogP contribution in [0.1, 0.15) is 19.4 Å². The normalized spacial score (nSPS) is 10.8. The van der Waals surface area contributed by atoms with E-state index >= 15 is 0 Å². The smallest absolute Gasteiger partial charge is 0.292 e. The molecule has 0 aliphatic carbocycles. The van der Waals surface area contributed by atoms with Gasteiger partial charge in [-0.25, -0.2) is 0 Å². The molecule has 0 aliphatic heterocycles. The zero-order valence-corrected chi connectivity index (χ0v) is 12.8. The summed E-state index contributed by atoms with van der Waals surface area (Å²) in [6.45, 7) is 4.52. The summed E-state index contributed by atoms with van der Waals surface area (Å²) in [7, 11) is 3.45. The second-order valence-electron chi connectivity index (χ2n) is 5.25. The van der Waals surface area contributed by atoms with E-state index < -0.39 is 4.92 Å². The second-order valence-corrected chi connectivity index (χ2v) is 5.25. The third-order valence-corrected chi connectivity index (χ3v) is 2.84. The number of nitrogens with one attached hydrogen (secondary N) is 2. The van der Waals surface area contributed by atoms with E-state index in [0.717, 1.165) is 5.56 Å². The van der Waals surface area contributed by atoms with Crippen LogP contribution in [-0.4, -0.2) is 42.4 Å². The van der Waals surface area contributed by atoms with Crippen LogP contribution in [0.25, 0.3) is 0 Å². The average molecular weight is 294 g/mol. The number of carbonyl (C=O) groups is 1. The first kappa shape index (κ1) is 16.9. The molecular formula is C14H22N4O3. The lowest BCUT2D eigenvalue weighted by Gasteiger charge is -2.17. The van der Waals surface area contributed by atoms with Gasteiger partial charge in [-0.3, -0.25) is 19.8 Å². The summed E-state index contributed by atoms with van der Waals surface area (Å²) < 4.78 is 0. The number of hydrogen-bond acceptors (Lipinski definition) is 5. The Kier molecular flexibility index (Phi) is 6.10. The molecule has 0 fully saturated rings. The topological polar surface area (TPSA) is 87.5 Å². The Morgan fingerprint density at radius 3 is 2.62 bits per heavy atom. The van der Waals surface area contributed by atoms with Crippen molar-refractivity contribution in [1.29, 1.82) is 0 Å². The van der Waals surface area contributed by atoms with Crippen LogP contribution in [-0.2, 0) is 11.3 Å². The molecule has 0 atom stereocenters. The number of anilines is 1. The maximum absolute atomic E-state index is 11.7. The lowest BCUT2D eigenvalue weighted by atomic mass is 10.1. The first-order chi connectivity index (χ1) is 9.83. The average Bonchev–Trinajstić information content (AvgIpc) is 2.37. The Hall–Kier alpha value is -2.15. The van der Waals surface area contributed by atoms with Crippen LogP contribution in [0.2, 0.25) is 0 Å². The van der Waals surface area contributed by atoms with Crippen LogP contribution in [0.3, 0.4) is 0 Å². The van der Waals surface area contributed by atoms with Gasteiger partial charge in [0.05, 0.1) is 11.5 Å². The van der Waals surface area contributed by atoms with E-state index in [4.69, 9.17) is 0 Å². The lowest BCUT2D eigenvalue weighted by Crippen LogP contribution is -2.38. The summed E-state index contributed by atoms with van der Waals surface area (Å²) in [5, 5.41) is 16.6. The molecule has 0 heterocycles. The highest BCUT2D eigenvalue weighted by Crippen LogP contribution is 2.25. The van der Waals surface area contributed by atoms with Gasteiger partial charge in [-0.05, 0) is 32.5 Å². The molecule has 0 aliphatic rings. The Bertz CT molecular complexity index is 517. The summed E-state index contributed by atoms with van der Waals surface area (Å²) in [6.07, 6.45) is 0. The molecule has 0 unspecified atom stereocenters. The van der Waals surface area contributed by atoms with Crippen molar-refractivity contribution in [2.75, 3.05) is 26.0 Å². The molecule has 21 heavy (non-hydrogen) atoms. The molecule has 7 nitrogen and oxygen atoms in total. The highest BCUT2D eigenvalue weighted by molar-refractivity contribution is 5.78. The fourth-order valence-corrected chi connectivity index (χ4v) is 2.02. The molecular weight excluding hydrogens is 272 g/mol. The van der Waals surface area contributed by atoms with E-state index in [9.17, 15) is 14.9 Å². The molecule has 0 spiro atoms. The minimum absolute atomic E-state index is 0.0371. The van der Waals surface area contributed by atoms with Crippen LogP contribution in [0, 0.1) is 10.1 Å². The second kappa shape index (κ2) is 7.58. The zero-order valence-electron chi connectivity index (χ0n) is 12.8. The third kappa shape index (κ3) is 5.39. The van der Waals surface area contributed by atoms with E-state index in [2.05, 4.69) is 10.6 Å². The lowest BCUT2D eigenvalue weighted by molar-refractivity contribution is -0.384. The minimum Gasteiger partial charge on any atom is -0.383 e. The monoisotopic (exact) mass is 294 g/mol. The quantitative estimate of drug-likeness (QED) is 0.589. The predicted octanol–water partition coefficient (Wildman–Crippen LogP) is 1.59. The molecule has 2 N–H and O–H groups in total. The van der Waals surface area contributed by atoms with Gasteiger partial charge in [0.25, 0.3) is 5.69 Å². The first-order valence-corrected chi connectivity index (χ1v) is 6.76. The predicted molar refractivity (Wildman–Crippen MR) is 82.3 cm³/mol. The molecule has 1 rings (SSSR count). The van der Waals surface area contributed by atoms with Crippen LogP contribution >= 0.6 is 0 Å². The van der Waals surface area contributed by atoms with Gasteiger partial charge >= 0.3 is 0 Å². The van der Waals surface area contributed by atoms with Crippen molar-refractivity contribution in [3.63, 3.8) is 0 Å². The molecule has 0 saturated carbocycles. The molecule has 0 bridgehead atoms. The van der Waals surface area contributed by atoms with E-state index in [1.807, 2.05) is 24.8 Å². The molecule has 1 amide bonds. The summed E-state index contributed by atoms with van der Waals surface area (Å²) in [5.41, 5.74) is 1.31. The molecule has 0 saturated heterocycles. The van der Waals surface area contributed by atoms with Gasteiger partial charge in [0, 0.05) is 25.7 Å². The molecule has 0 aromatic heterocycles. The minimum atomic E-state index is -0.416. The highest BCUT2D eigenvalue weighted by Gasteiger charge is 2.15. The summed E-state index contributed by atoms with van der Waals surface area (Å²) in [5.74, 6) is -0.0613. The fraction of sp³-hybridized carbons (Fsp3) is 0.500. The van der Waals surface area contributed by atoms with Gasteiger partial charge in [-0.1, -0.05) is 6.07 Å². The number of carbonyl (C=O) groups excluding carboxylic acids is 1. The first-order valence-electron chi connectivity index (χ1n) is 6.76. The highest BCUT2D eigenvalue weighted by atomic mass is 16.6. The number of rotatable bonds is 7. The van der Waals surface area contributed by atoms with Crippen LogP contribution < -0.4 is 10.6 Å². The Morgan fingerprint density at radius 1 is 1.43 bits per heavy atom. The van der Waals surface area contributed by atoms with Crippen LogP contribution in [0.15, 0.2) is 18.2 Å². The number of likely N-dealkylation sites (N-methyl/N-ethyl adjacent to an activating group) is 1. The van der Waals surface area contributed by atoms with Crippen molar-refractivity contribution in [3.8, 4) is 0 Å². The summed E-state index contributed by atoms with van der Waals surface area (Å²) >= 11 is 0. The number of benzene rings is 1. The van der Waals surface area contributed by atoms with Gasteiger partial charge < -0.3 is 10.6 Å². The Balaban J connectivity index is 2.72. The van der Waals surface area contributed by atoms with E-state index in [1.165, 1.54) is 6.07 Å². The largest absolute Gasteiger partial charge is 0.383 e. The van der Waals surface area contributed by atoms with Crippen molar-refractivity contribution in [3.05, 3.63) is 33.9 Å². The number of nitrogens with zero attached hydrogens (tertiary/aromatic N) is 2. The third-order valence-electron chi connectivity index (χ3n) is 2.84. The molecule has 7 heteroatoms. The van der Waals surface area contributed by atoms with Crippen molar-refractivity contribution < 1.29 is 9.72 Å². The van der Waals surface area contributed by atoms with Gasteiger partial charge in [-0.2, -0.15) is 0 Å². The standard InChI is InChI=1S/C14H22N4O3/c1-10(2)16-14(19)9-17(4)8-11-5-6-12(15-3)13(7-11)18(20)21/h5-7,10,15H,8-9H2,1-4H3,(H,16,19). The zero-order chi connectivity index (χ0) is 16.0. The van der Waals surface area contributed by atoms with Crippen molar-refractivity contribution >= 4 is 17.3 Å². The summed E-state index contributed by atoms with van der Waals surface area (Å²) in [4.78, 5) is 24.1. The van der Waals surface area contributed by atoms with Crippen LogP contribution in [0.4, 0.5) is 11.4 Å². The SMILES string of the molecule is CNc1ccc(CN(C)CC(=O)NC(C)C)cc1[N+](=O)[O-]. The Morgan fingerprint density at radius 2 is 2.10 bits per heavy atom. The number of hydrogen-bond donors (Lipinski definition) is 2. The number of amides is 1. The summed E-state index contributed by atoms with van der Waals surface area (Å²) in [6, 6.07) is 5.12. The fourth-order valence-electron chi connectivity index (χ4n) is 2.02. The molecule has 116 valence electrons. The van der Waals surface area contributed by atoms with E-state index in [1.54, 1.807) is 20.2 Å². The Labute approximate surface area is 124 Å². The number of nitro groups is 1.